The summed E-state index contributed by atoms with van der Waals surface area (Å²) in [5.74, 6) is 0. The van der Waals surface area contributed by atoms with Crippen LogP contribution in [0.25, 0.3) is 69.9 Å². The van der Waals surface area contributed by atoms with Crippen molar-refractivity contribution in [3.63, 3.8) is 0 Å². The summed E-state index contributed by atoms with van der Waals surface area (Å²) >= 11 is 1.85. The predicted molar refractivity (Wildman–Crippen MR) is 345 cm³/mol. The number of para-hydroxylation sites is 4. The molecule has 0 bridgehead atoms. The van der Waals surface area contributed by atoms with E-state index in [1.165, 1.54) is 64.3 Å². The maximum Gasteiger partial charge on any atom is 0.0561 e. The van der Waals surface area contributed by atoms with Crippen molar-refractivity contribution in [2.75, 3.05) is 9.80 Å². The van der Waals surface area contributed by atoms with Crippen molar-refractivity contribution in [1.29, 1.82) is 0 Å². The molecule has 0 atom stereocenters. The number of rotatable bonds is 11. The molecule has 4 heteroatoms. The van der Waals surface area contributed by atoms with Crippen LogP contribution in [0.15, 0.2) is 273 Å². The summed E-state index contributed by atoms with van der Waals surface area (Å²) in [6, 6.07) is 86.2. The lowest BCUT2D eigenvalue weighted by Gasteiger charge is -2.28. The lowest BCUT2D eigenvalue weighted by Crippen LogP contribution is -2.11. The van der Waals surface area contributed by atoms with Gasteiger partial charge in [0, 0.05) is 70.6 Å². The number of fused-ring (bicyclic) bond motifs is 6. The molecule has 0 radical (unpaired) electrons. The Labute approximate surface area is 466 Å². The highest BCUT2D eigenvalue weighted by Crippen LogP contribution is 2.46. The second kappa shape index (κ2) is 24.8. The van der Waals surface area contributed by atoms with E-state index in [4.69, 9.17) is 0 Å². The van der Waals surface area contributed by atoms with Crippen molar-refractivity contribution in [2.24, 2.45) is 0 Å². The summed E-state index contributed by atoms with van der Waals surface area (Å²) in [6.07, 6.45) is 3.78. The third-order valence-electron chi connectivity index (χ3n) is 14.2. The highest BCUT2D eigenvalue weighted by molar-refractivity contribution is 7.25. The highest BCUT2D eigenvalue weighted by atomic mass is 32.1. The molecule has 2 heterocycles. The number of benzene rings is 10. The first-order valence-corrected chi connectivity index (χ1v) is 28.1. The number of hydrogen-bond acceptors (Lipinski definition) is 3. The summed E-state index contributed by atoms with van der Waals surface area (Å²) in [5.41, 5.74) is 19.7. The Balaban J connectivity index is 0.000000563. The zero-order valence-corrected chi connectivity index (χ0v) is 47.2. The second-order valence-corrected chi connectivity index (χ2v) is 19.8. The van der Waals surface area contributed by atoms with E-state index in [0.717, 1.165) is 62.0 Å². The summed E-state index contributed by atoms with van der Waals surface area (Å²) in [4.78, 5) is 4.78. The monoisotopic (exact) mass is 1030 g/mol. The molecule has 3 nitrogen and oxygen atoms in total. The number of anilines is 6. The van der Waals surface area contributed by atoms with Crippen molar-refractivity contribution in [2.45, 2.75) is 55.4 Å². The van der Waals surface area contributed by atoms with E-state index >= 15 is 0 Å². The molecule has 0 aliphatic carbocycles. The molecule has 0 fully saturated rings. The fraction of sp³-hybridized carbons (Fsp3) is 0.108. The normalized spacial score (nSPS) is 11.0. The van der Waals surface area contributed by atoms with Crippen molar-refractivity contribution >= 4 is 87.4 Å². The van der Waals surface area contributed by atoms with Crippen LogP contribution in [0.5, 0.6) is 0 Å². The molecule has 78 heavy (non-hydrogen) atoms. The molecule has 0 spiro atoms. The fourth-order valence-electron chi connectivity index (χ4n) is 10.3. The highest BCUT2D eigenvalue weighted by Gasteiger charge is 2.22. The molecule has 12 aromatic rings. The molecule has 10 aromatic carbocycles. The van der Waals surface area contributed by atoms with Gasteiger partial charge in [-0.05, 0) is 170 Å². The van der Waals surface area contributed by atoms with Gasteiger partial charge in [-0.25, -0.2) is 0 Å². The van der Waals surface area contributed by atoms with Crippen LogP contribution >= 0.6 is 11.3 Å². The summed E-state index contributed by atoms with van der Waals surface area (Å²) in [5, 5.41) is 5.05. The van der Waals surface area contributed by atoms with E-state index in [-0.39, 0.29) is 0 Å². The maximum absolute atomic E-state index is 3.76. The zero-order valence-electron chi connectivity index (χ0n) is 46.3. The van der Waals surface area contributed by atoms with Crippen LogP contribution in [-0.2, 0) is 0 Å². The van der Waals surface area contributed by atoms with E-state index in [0.29, 0.717) is 0 Å². The van der Waals surface area contributed by atoms with Gasteiger partial charge in [0.15, 0.2) is 0 Å². The van der Waals surface area contributed by atoms with E-state index in [9.17, 15) is 0 Å². The van der Waals surface area contributed by atoms with Crippen LogP contribution < -0.4 is 9.80 Å². The fourth-order valence-corrected chi connectivity index (χ4v) is 11.3. The molecule has 0 saturated carbocycles. The van der Waals surface area contributed by atoms with Crippen LogP contribution in [0.1, 0.15) is 52.7 Å². The third kappa shape index (κ3) is 10.9. The van der Waals surface area contributed by atoms with Gasteiger partial charge < -0.3 is 14.4 Å². The minimum Gasteiger partial charge on any atom is -0.310 e. The number of aryl methyl sites for hydroxylation is 2. The second-order valence-electron chi connectivity index (χ2n) is 18.8. The van der Waals surface area contributed by atoms with Crippen molar-refractivity contribution in [3.8, 4) is 27.9 Å². The Bertz CT molecular complexity index is 4030. The first-order chi connectivity index (χ1) is 38.3. The molecule has 0 unspecified atom stereocenters. The average Bonchev–Trinajstić information content (AvgIpc) is 4.19. The minimum absolute atomic E-state index is 1.01. The minimum atomic E-state index is 1.01. The molecule has 386 valence electrons. The van der Waals surface area contributed by atoms with Crippen LogP contribution in [0, 0.1) is 13.8 Å². The molecule has 0 aliphatic rings. The number of hydrogen-bond donors (Lipinski definition) is 0. The maximum atomic E-state index is 3.76. The summed E-state index contributed by atoms with van der Waals surface area (Å²) in [6.45, 7) is 23.8. The Morgan fingerprint density at radius 2 is 0.962 bits per heavy atom. The first-order valence-electron chi connectivity index (χ1n) is 27.3. The standard InChI is InChI=1S/C62H45N3S.C8H12.2C2H6/c1-42-18-12-13-25-51(42)55-41-60-56(38-43(55)2)53-36-34-50(40-59(53)65(60)47-23-10-5-11-24-47)64(46-21-8-4-9-22-46)58-28-16-14-26-52(58)44-30-32-48(33-31-44)63(45-19-6-3-7-20-45)49-35-37-62-57(39-49)54-27-15-17-29-61(54)66-62;1-5-7(3)8(4)6-2;2*1-2/h3-41H,1-2H3;5-6H,1,3H2,2,4H3;2*1-2H3/b;8-6+;;. The van der Waals surface area contributed by atoms with Crippen LogP contribution in [0.2, 0.25) is 0 Å². The lowest BCUT2D eigenvalue weighted by molar-refractivity contribution is 1.18. The van der Waals surface area contributed by atoms with Crippen LogP contribution in [0.4, 0.5) is 34.1 Å². The topological polar surface area (TPSA) is 11.4 Å². The Morgan fingerprint density at radius 3 is 1.62 bits per heavy atom. The molecular weight excluding hydrogens is 963 g/mol. The van der Waals surface area contributed by atoms with E-state index in [1.807, 2.05) is 59.0 Å². The van der Waals surface area contributed by atoms with Gasteiger partial charge in [0.25, 0.3) is 0 Å². The Hall–Kier alpha value is -8.96. The van der Waals surface area contributed by atoms with Crippen LogP contribution in [-0.4, -0.2) is 4.57 Å². The van der Waals surface area contributed by atoms with Crippen LogP contribution in [0.3, 0.4) is 0 Å². The molecule has 0 amide bonds. The van der Waals surface area contributed by atoms with Gasteiger partial charge in [-0.3, -0.25) is 0 Å². The van der Waals surface area contributed by atoms with Gasteiger partial charge in [-0.1, -0.05) is 186 Å². The van der Waals surface area contributed by atoms with Gasteiger partial charge in [-0.15, -0.1) is 11.3 Å². The molecule has 0 aliphatic heterocycles. The smallest absolute Gasteiger partial charge is 0.0561 e. The number of aromatic nitrogens is 1. The largest absolute Gasteiger partial charge is 0.310 e. The molecule has 12 rings (SSSR count). The number of thiophene rings is 1. The molecular formula is C74H69N3S. The molecule has 2 aromatic heterocycles. The predicted octanol–water partition coefficient (Wildman–Crippen LogP) is 22.8. The zero-order chi connectivity index (χ0) is 54.7. The lowest BCUT2D eigenvalue weighted by atomic mass is 9.95. The Kier molecular flexibility index (Phi) is 17.1. The average molecular weight is 1030 g/mol. The third-order valence-corrected chi connectivity index (χ3v) is 15.4. The van der Waals surface area contributed by atoms with Gasteiger partial charge in [-0.2, -0.15) is 0 Å². The Morgan fingerprint density at radius 1 is 0.436 bits per heavy atom. The van der Waals surface area contributed by atoms with Crippen molar-refractivity contribution in [3.05, 3.63) is 284 Å². The quantitative estimate of drug-likeness (QED) is 0.120. The van der Waals surface area contributed by atoms with Crippen molar-refractivity contribution < 1.29 is 0 Å². The molecule has 0 saturated heterocycles. The SMILES string of the molecule is C=CC(=C)/C(C)=C/C.CC.CC.Cc1ccccc1-c1cc2c(cc1C)c1ccc(N(c3ccccc3)c3ccccc3-c3ccc(N(c4ccccc4)c4ccc5sc6ccccc6c5c4)cc3)cc1n2-c1ccccc1. The van der Waals surface area contributed by atoms with Gasteiger partial charge in [0.2, 0.25) is 0 Å². The van der Waals surface area contributed by atoms with E-state index < -0.39 is 0 Å². The van der Waals surface area contributed by atoms with Crippen molar-refractivity contribution in [1.82, 2.24) is 4.57 Å². The van der Waals surface area contributed by atoms with E-state index in [2.05, 4.69) is 278 Å². The van der Waals surface area contributed by atoms with E-state index in [1.54, 1.807) is 6.08 Å². The van der Waals surface area contributed by atoms with Gasteiger partial charge >= 0.3 is 0 Å². The first kappa shape index (κ1) is 53.9. The summed E-state index contributed by atoms with van der Waals surface area (Å²) < 4.78 is 5.05. The number of nitrogens with zero attached hydrogens (tertiary/aromatic N) is 3. The summed E-state index contributed by atoms with van der Waals surface area (Å²) in [7, 11) is 0. The molecule has 0 N–H and O–H groups in total. The van der Waals surface area contributed by atoms with Gasteiger partial charge in [0.05, 0.1) is 16.7 Å². The number of allylic oxidation sites excluding steroid dienone is 4. The van der Waals surface area contributed by atoms with Gasteiger partial charge in [0.1, 0.15) is 0 Å².